The molecule has 3 amide bonds. The van der Waals surface area contributed by atoms with Crippen LogP contribution in [0, 0.1) is 0 Å². The van der Waals surface area contributed by atoms with Gasteiger partial charge in [0.2, 0.25) is 11.8 Å². The number of ether oxygens (including phenoxy) is 1. The van der Waals surface area contributed by atoms with Crippen LogP contribution in [0.15, 0.2) is 35.1 Å². The summed E-state index contributed by atoms with van der Waals surface area (Å²) in [7, 11) is 0. The lowest BCUT2D eigenvalue weighted by Crippen LogP contribution is -2.57. The fraction of sp³-hybridized carbons (Fsp3) is 0.500. The van der Waals surface area contributed by atoms with E-state index in [4.69, 9.17) is 4.74 Å². The Bertz CT molecular complexity index is 1200. The molecule has 9 nitrogen and oxygen atoms in total. The molecule has 10 heteroatoms. The van der Waals surface area contributed by atoms with Gasteiger partial charge in [-0.1, -0.05) is 6.42 Å². The molecule has 0 spiro atoms. The third-order valence-corrected chi connectivity index (χ3v) is 8.24. The molecule has 2 saturated heterocycles. The van der Waals surface area contributed by atoms with Gasteiger partial charge >= 0.3 is 0 Å². The molecule has 1 saturated carbocycles. The Balaban J connectivity index is 1.11. The molecule has 3 aliphatic heterocycles. The SMILES string of the molecule is O=C1CC[C@@H](N2Cc3cc(O[C@H]4CCCC[C@H]4N4CC(c5ncc(Br)cn5)C4)ccc3C2=O)C(=O)N1. The fourth-order valence-electron chi connectivity index (χ4n) is 5.91. The third kappa shape index (κ3) is 4.41. The van der Waals surface area contributed by atoms with Gasteiger partial charge in [-0.2, -0.15) is 0 Å². The molecule has 2 aromatic rings. The summed E-state index contributed by atoms with van der Waals surface area (Å²) < 4.78 is 7.41. The van der Waals surface area contributed by atoms with Crippen molar-refractivity contribution in [2.45, 2.75) is 69.2 Å². The number of fused-ring (bicyclic) bond motifs is 1. The Hall–Kier alpha value is -2.85. The largest absolute Gasteiger partial charge is 0.489 e. The zero-order valence-electron chi connectivity index (χ0n) is 19.9. The fourth-order valence-corrected chi connectivity index (χ4v) is 6.12. The number of hydrogen-bond donors (Lipinski definition) is 1. The zero-order valence-corrected chi connectivity index (χ0v) is 21.4. The topological polar surface area (TPSA) is 105 Å². The maximum absolute atomic E-state index is 13.0. The van der Waals surface area contributed by atoms with Gasteiger partial charge in [-0.25, -0.2) is 9.97 Å². The number of carbonyl (C=O) groups is 3. The molecule has 36 heavy (non-hydrogen) atoms. The average Bonchev–Trinajstić information content (AvgIpc) is 3.16. The van der Waals surface area contributed by atoms with E-state index in [0.717, 1.165) is 54.0 Å². The lowest BCUT2D eigenvalue weighted by Gasteiger charge is -2.47. The van der Waals surface area contributed by atoms with Crippen LogP contribution in [0.4, 0.5) is 0 Å². The molecular formula is C26H28BrN5O4. The maximum Gasteiger partial charge on any atom is 0.255 e. The van der Waals surface area contributed by atoms with E-state index in [1.807, 2.05) is 12.1 Å². The second-order valence-electron chi connectivity index (χ2n) is 10.1. The minimum atomic E-state index is -0.608. The predicted molar refractivity (Wildman–Crippen MR) is 133 cm³/mol. The lowest BCUT2D eigenvalue weighted by atomic mass is 9.86. The highest BCUT2D eigenvalue weighted by atomic mass is 79.9. The van der Waals surface area contributed by atoms with E-state index in [1.54, 1.807) is 23.4 Å². The number of nitrogens with one attached hydrogen (secondary N) is 1. The smallest absolute Gasteiger partial charge is 0.255 e. The highest BCUT2D eigenvalue weighted by Crippen LogP contribution is 2.36. The number of imide groups is 1. The Kier molecular flexibility index (Phi) is 6.25. The van der Waals surface area contributed by atoms with E-state index in [2.05, 4.69) is 36.1 Å². The van der Waals surface area contributed by atoms with Crippen molar-refractivity contribution < 1.29 is 19.1 Å². The average molecular weight is 554 g/mol. The number of amides is 3. The molecule has 0 radical (unpaired) electrons. The first kappa shape index (κ1) is 23.5. The van der Waals surface area contributed by atoms with Crippen LogP contribution in [0.3, 0.4) is 0 Å². The molecule has 6 rings (SSSR count). The van der Waals surface area contributed by atoms with Crippen LogP contribution in [0.2, 0.25) is 0 Å². The Morgan fingerprint density at radius 3 is 2.58 bits per heavy atom. The summed E-state index contributed by atoms with van der Waals surface area (Å²) in [5.41, 5.74) is 1.47. The molecule has 1 aromatic heterocycles. The van der Waals surface area contributed by atoms with Gasteiger partial charge in [0.05, 0.1) is 4.47 Å². The van der Waals surface area contributed by atoms with E-state index < -0.39 is 11.9 Å². The summed E-state index contributed by atoms with van der Waals surface area (Å²) in [5.74, 6) is 1.17. The molecule has 1 N–H and O–H groups in total. The standard InChI is InChI=1S/C26H28BrN5O4/c27-17-10-28-24(29-11-17)16-12-31(13-16)20-3-1-2-4-22(20)36-18-5-6-19-15(9-18)14-32(26(19)35)21-7-8-23(33)30-25(21)34/h5-6,9-11,16,20-22H,1-4,7-8,12-14H2,(H,30,33,34)/t20-,21-,22+/m1/s1. The van der Waals surface area contributed by atoms with Crippen LogP contribution >= 0.6 is 15.9 Å². The summed E-state index contributed by atoms with van der Waals surface area (Å²) in [4.78, 5) is 49.8. The number of aromatic nitrogens is 2. The quantitative estimate of drug-likeness (QED) is 0.567. The van der Waals surface area contributed by atoms with Crippen molar-refractivity contribution in [1.82, 2.24) is 25.1 Å². The number of halogens is 1. The second-order valence-corrected chi connectivity index (χ2v) is 11.1. The first-order chi connectivity index (χ1) is 17.5. The number of benzene rings is 1. The van der Waals surface area contributed by atoms with Crippen molar-refractivity contribution in [2.75, 3.05) is 13.1 Å². The lowest BCUT2D eigenvalue weighted by molar-refractivity contribution is -0.136. The molecule has 3 fully saturated rings. The van der Waals surface area contributed by atoms with E-state index >= 15 is 0 Å². The van der Waals surface area contributed by atoms with Crippen molar-refractivity contribution in [1.29, 1.82) is 0 Å². The predicted octanol–water partition coefficient (Wildman–Crippen LogP) is 2.79. The summed E-state index contributed by atoms with van der Waals surface area (Å²) in [6, 6.07) is 5.36. The molecule has 1 aliphatic carbocycles. The van der Waals surface area contributed by atoms with E-state index in [0.29, 0.717) is 30.5 Å². The van der Waals surface area contributed by atoms with E-state index in [1.165, 1.54) is 6.42 Å². The number of piperidine rings is 1. The number of hydrogen-bond acceptors (Lipinski definition) is 7. The first-order valence-corrected chi connectivity index (χ1v) is 13.4. The van der Waals surface area contributed by atoms with Crippen molar-refractivity contribution >= 4 is 33.7 Å². The van der Waals surface area contributed by atoms with Crippen LogP contribution < -0.4 is 10.1 Å². The van der Waals surface area contributed by atoms with Crippen LogP contribution in [-0.4, -0.2) is 68.8 Å². The van der Waals surface area contributed by atoms with Gasteiger partial charge in [0, 0.05) is 56.0 Å². The molecule has 1 aromatic carbocycles. The summed E-state index contributed by atoms with van der Waals surface area (Å²) in [6.07, 6.45) is 8.74. The van der Waals surface area contributed by atoms with Crippen molar-refractivity contribution in [3.8, 4) is 5.75 Å². The second kappa shape index (κ2) is 9.55. The monoisotopic (exact) mass is 553 g/mol. The van der Waals surface area contributed by atoms with Gasteiger partial charge < -0.3 is 9.64 Å². The van der Waals surface area contributed by atoms with Gasteiger partial charge in [0.25, 0.3) is 5.91 Å². The van der Waals surface area contributed by atoms with Gasteiger partial charge in [-0.15, -0.1) is 0 Å². The minimum Gasteiger partial charge on any atom is -0.489 e. The molecule has 4 aliphatic rings. The van der Waals surface area contributed by atoms with Crippen LogP contribution in [-0.2, 0) is 16.1 Å². The summed E-state index contributed by atoms with van der Waals surface area (Å²) in [5, 5.41) is 2.35. The van der Waals surface area contributed by atoms with Gasteiger partial charge in [-0.05, 0) is 65.4 Å². The van der Waals surface area contributed by atoms with Crippen molar-refractivity contribution in [3.63, 3.8) is 0 Å². The molecular weight excluding hydrogens is 526 g/mol. The number of carbonyl (C=O) groups excluding carboxylic acids is 3. The molecule has 0 bridgehead atoms. The van der Waals surface area contributed by atoms with Gasteiger partial charge in [0.15, 0.2) is 0 Å². The third-order valence-electron chi connectivity index (χ3n) is 7.83. The first-order valence-electron chi connectivity index (χ1n) is 12.6. The van der Waals surface area contributed by atoms with E-state index in [9.17, 15) is 14.4 Å². The Morgan fingerprint density at radius 1 is 1.03 bits per heavy atom. The minimum absolute atomic E-state index is 0.0897. The summed E-state index contributed by atoms with van der Waals surface area (Å²) in [6.45, 7) is 2.23. The maximum atomic E-state index is 13.0. The highest BCUT2D eigenvalue weighted by Gasteiger charge is 2.41. The molecule has 0 unspecified atom stereocenters. The molecule has 4 heterocycles. The van der Waals surface area contributed by atoms with Crippen molar-refractivity contribution in [3.05, 3.63) is 52.0 Å². The van der Waals surface area contributed by atoms with Gasteiger partial charge in [0.1, 0.15) is 23.7 Å². The number of rotatable bonds is 5. The zero-order chi connectivity index (χ0) is 24.8. The normalized spacial score (nSPS) is 27.0. The molecule has 3 atom stereocenters. The van der Waals surface area contributed by atoms with Gasteiger partial charge in [-0.3, -0.25) is 24.6 Å². The van der Waals surface area contributed by atoms with E-state index in [-0.39, 0.29) is 24.3 Å². The van der Waals surface area contributed by atoms with Crippen molar-refractivity contribution in [2.24, 2.45) is 0 Å². The number of likely N-dealkylation sites (tertiary alicyclic amines) is 1. The highest BCUT2D eigenvalue weighted by molar-refractivity contribution is 9.10. The van der Waals surface area contributed by atoms with Crippen LogP contribution in [0.25, 0.3) is 0 Å². The van der Waals surface area contributed by atoms with Crippen LogP contribution in [0.5, 0.6) is 5.75 Å². The Morgan fingerprint density at radius 2 is 1.81 bits per heavy atom. The summed E-state index contributed by atoms with van der Waals surface area (Å²) >= 11 is 3.40. The number of nitrogens with zero attached hydrogens (tertiary/aromatic N) is 4. The Labute approximate surface area is 217 Å². The molecule has 188 valence electrons. The van der Waals surface area contributed by atoms with Crippen LogP contribution in [0.1, 0.15) is 66.2 Å².